The molecule has 0 radical (unpaired) electrons. The molecule has 4 aliphatic rings. The number of rotatable bonds is 4. The molecule has 5 rings (SSSR count). The molecular formula is C26H40N4O. The number of nitrogens with zero attached hydrogens (tertiary/aromatic N) is 3. The molecule has 2 spiro atoms. The Morgan fingerprint density at radius 1 is 1.19 bits per heavy atom. The number of hydrogen-bond acceptors (Lipinski definition) is 4. The number of hydrogen-bond donors (Lipinski definition) is 1. The van der Waals surface area contributed by atoms with E-state index in [-0.39, 0.29) is 17.4 Å². The molecule has 2 atom stereocenters. The van der Waals surface area contributed by atoms with Crippen LogP contribution in [0.25, 0.3) is 0 Å². The van der Waals surface area contributed by atoms with E-state index in [1.807, 2.05) is 12.3 Å². The Balaban J connectivity index is 1.20. The minimum atomic E-state index is -0.000726. The zero-order valence-electron chi connectivity index (χ0n) is 19.9. The van der Waals surface area contributed by atoms with Crippen LogP contribution in [0.5, 0.6) is 0 Å². The summed E-state index contributed by atoms with van der Waals surface area (Å²) in [5.41, 5.74) is 2.29. The highest BCUT2D eigenvalue weighted by atomic mass is 16.2. The fourth-order valence-corrected chi connectivity index (χ4v) is 7.14. The zero-order chi connectivity index (χ0) is 21.9. The van der Waals surface area contributed by atoms with Gasteiger partial charge in [0.25, 0.3) is 0 Å². The number of nitrogens with one attached hydrogen (secondary N) is 1. The number of likely N-dealkylation sites (tertiary alicyclic amines) is 1. The summed E-state index contributed by atoms with van der Waals surface area (Å²) in [4.78, 5) is 24.8. The molecule has 1 N–H and O–H groups in total. The number of carbonyl (C=O) groups excluding carboxylic acids is 1. The van der Waals surface area contributed by atoms with Gasteiger partial charge in [0.15, 0.2) is 0 Å². The topological polar surface area (TPSA) is 58.1 Å². The first-order valence-corrected chi connectivity index (χ1v) is 12.6. The van der Waals surface area contributed by atoms with Crippen LogP contribution in [0, 0.1) is 22.7 Å². The third-order valence-corrected chi connectivity index (χ3v) is 8.91. The Kier molecular flexibility index (Phi) is 5.10. The summed E-state index contributed by atoms with van der Waals surface area (Å²) in [5, 5.41) is 3.47. The monoisotopic (exact) mass is 424 g/mol. The first kappa shape index (κ1) is 21.2. The van der Waals surface area contributed by atoms with Crippen molar-refractivity contribution in [2.45, 2.75) is 96.9 Å². The van der Waals surface area contributed by atoms with Crippen molar-refractivity contribution in [1.82, 2.24) is 14.9 Å². The molecule has 5 heteroatoms. The van der Waals surface area contributed by atoms with Crippen molar-refractivity contribution in [3.63, 3.8) is 0 Å². The molecule has 3 aliphatic carbocycles. The van der Waals surface area contributed by atoms with Gasteiger partial charge in [-0.25, -0.2) is 9.97 Å². The van der Waals surface area contributed by atoms with Crippen molar-refractivity contribution in [2.75, 3.05) is 18.4 Å². The maximum atomic E-state index is 13.5. The normalized spacial score (nSPS) is 29.2. The first-order valence-electron chi connectivity index (χ1n) is 12.6. The van der Waals surface area contributed by atoms with Crippen molar-refractivity contribution in [1.29, 1.82) is 0 Å². The average molecular weight is 425 g/mol. The highest BCUT2D eigenvalue weighted by Crippen LogP contribution is 2.72. The molecule has 1 aliphatic heterocycles. The third kappa shape index (κ3) is 3.87. The van der Waals surface area contributed by atoms with E-state index in [4.69, 9.17) is 4.98 Å². The molecule has 0 aromatic carbocycles. The average Bonchev–Trinajstić information content (AvgIpc) is 2.63. The molecule has 170 valence electrons. The maximum Gasteiger partial charge on any atom is 0.226 e. The highest BCUT2D eigenvalue weighted by Gasteiger charge is 2.63. The van der Waals surface area contributed by atoms with Gasteiger partial charge in [-0.3, -0.25) is 4.79 Å². The number of carbonyl (C=O) groups is 1. The second kappa shape index (κ2) is 7.45. The predicted molar refractivity (Wildman–Crippen MR) is 124 cm³/mol. The molecule has 3 saturated carbocycles. The molecule has 2 heterocycles. The van der Waals surface area contributed by atoms with E-state index in [9.17, 15) is 4.79 Å². The van der Waals surface area contributed by atoms with Crippen molar-refractivity contribution < 1.29 is 4.79 Å². The molecule has 1 amide bonds. The number of aromatic nitrogens is 2. The van der Waals surface area contributed by atoms with Gasteiger partial charge in [-0.1, -0.05) is 34.1 Å². The number of piperidine rings is 1. The summed E-state index contributed by atoms with van der Waals surface area (Å²) in [6, 6.07) is 2.23. The molecule has 1 aromatic rings. The number of anilines is 1. The minimum Gasteiger partial charge on any atom is -0.352 e. The lowest BCUT2D eigenvalue weighted by Crippen LogP contribution is -2.61. The van der Waals surface area contributed by atoms with Crippen molar-refractivity contribution in [3.8, 4) is 0 Å². The molecular weight excluding hydrogens is 384 g/mol. The lowest BCUT2D eigenvalue weighted by molar-refractivity contribution is -0.180. The molecule has 1 aromatic heterocycles. The van der Waals surface area contributed by atoms with E-state index < -0.39 is 0 Å². The number of amides is 1. The Labute approximate surface area is 187 Å². The largest absolute Gasteiger partial charge is 0.352 e. The van der Waals surface area contributed by atoms with Crippen molar-refractivity contribution >= 4 is 11.9 Å². The van der Waals surface area contributed by atoms with E-state index in [0.717, 1.165) is 38.0 Å². The Bertz CT molecular complexity index is 824. The van der Waals surface area contributed by atoms with Crippen LogP contribution in [-0.2, 0) is 10.2 Å². The van der Waals surface area contributed by atoms with Gasteiger partial charge in [0, 0.05) is 30.6 Å². The van der Waals surface area contributed by atoms with Crippen LogP contribution in [-0.4, -0.2) is 39.9 Å². The minimum absolute atomic E-state index is 0.000726. The van der Waals surface area contributed by atoms with Crippen LogP contribution in [0.15, 0.2) is 12.3 Å². The van der Waals surface area contributed by atoms with Gasteiger partial charge < -0.3 is 10.2 Å². The summed E-state index contributed by atoms with van der Waals surface area (Å²) in [5.74, 6) is 1.88. The lowest BCUT2D eigenvalue weighted by atomic mass is 9.38. The third-order valence-electron chi connectivity index (χ3n) is 8.91. The van der Waals surface area contributed by atoms with Crippen molar-refractivity contribution in [3.05, 3.63) is 18.0 Å². The van der Waals surface area contributed by atoms with Gasteiger partial charge in [-0.15, -0.1) is 0 Å². The summed E-state index contributed by atoms with van der Waals surface area (Å²) >= 11 is 0. The Morgan fingerprint density at radius 3 is 2.58 bits per heavy atom. The van der Waals surface area contributed by atoms with E-state index in [1.165, 1.54) is 38.5 Å². The molecule has 4 fully saturated rings. The predicted octanol–water partition coefficient (Wildman–Crippen LogP) is 5.17. The van der Waals surface area contributed by atoms with Gasteiger partial charge in [0.1, 0.15) is 0 Å². The second-order valence-corrected chi connectivity index (χ2v) is 12.4. The standard InChI is InChI=1S/C26H40N4O/c1-18-7-5-12-30(20(18)15-28-23-27-11-8-21(29-23)24(2,3)4)22(31)19-13-26(14-19)16-25(17-26)9-6-10-25/h8,11,18-20H,5-7,9-10,12-17H2,1-4H3,(H,27,28,29). The Hall–Kier alpha value is -1.65. The molecule has 2 unspecified atom stereocenters. The lowest BCUT2D eigenvalue weighted by Gasteiger charge is -2.67. The summed E-state index contributed by atoms with van der Waals surface area (Å²) < 4.78 is 0. The quantitative estimate of drug-likeness (QED) is 0.724. The van der Waals surface area contributed by atoms with Crippen LogP contribution in [0.4, 0.5) is 5.95 Å². The van der Waals surface area contributed by atoms with Crippen LogP contribution in [0.1, 0.15) is 91.2 Å². The fourth-order valence-electron chi connectivity index (χ4n) is 7.14. The van der Waals surface area contributed by atoms with E-state index in [2.05, 4.69) is 42.9 Å². The fraction of sp³-hybridized carbons (Fsp3) is 0.808. The van der Waals surface area contributed by atoms with Crippen LogP contribution in [0.3, 0.4) is 0 Å². The zero-order valence-corrected chi connectivity index (χ0v) is 19.9. The Morgan fingerprint density at radius 2 is 1.94 bits per heavy atom. The SMILES string of the molecule is CC1CCCN(C(=O)C2CC3(C2)CC2(CCC2)C3)C1CNc1nccc(C(C)(C)C)n1. The first-order chi connectivity index (χ1) is 14.7. The molecule has 1 saturated heterocycles. The van der Waals surface area contributed by atoms with Crippen LogP contribution >= 0.6 is 0 Å². The maximum absolute atomic E-state index is 13.5. The van der Waals surface area contributed by atoms with E-state index in [0.29, 0.717) is 28.6 Å². The van der Waals surface area contributed by atoms with Crippen LogP contribution in [0.2, 0.25) is 0 Å². The van der Waals surface area contributed by atoms with Gasteiger partial charge >= 0.3 is 0 Å². The van der Waals surface area contributed by atoms with Gasteiger partial charge in [0.05, 0.1) is 11.7 Å². The van der Waals surface area contributed by atoms with E-state index >= 15 is 0 Å². The van der Waals surface area contributed by atoms with E-state index in [1.54, 1.807) is 0 Å². The summed E-state index contributed by atoms with van der Waals surface area (Å²) in [7, 11) is 0. The van der Waals surface area contributed by atoms with Gasteiger partial charge in [0.2, 0.25) is 11.9 Å². The van der Waals surface area contributed by atoms with Gasteiger partial charge in [-0.2, -0.15) is 0 Å². The van der Waals surface area contributed by atoms with Crippen molar-refractivity contribution in [2.24, 2.45) is 22.7 Å². The summed E-state index contributed by atoms with van der Waals surface area (Å²) in [6.45, 7) is 10.5. The molecule has 31 heavy (non-hydrogen) atoms. The molecule has 5 nitrogen and oxygen atoms in total. The van der Waals surface area contributed by atoms with Gasteiger partial charge in [-0.05, 0) is 74.2 Å². The molecule has 0 bridgehead atoms. The van der Waals surface area contributed by atoms with Crippen LogP contribution < -0.4 is 5.32 Å². The highest BCUT2D eigenvalue weighted by molar-refractivity contribution is 5.80. The summed E-state index contributed by atoms with van der Waals surface area (Å²) in [6.07, 6.45) is 13.6. The smallest absolute Gasteiger partial charge is 0.226 e. The second-order valence-electron chi connectivity index (χ2n) is 12.4.